The number of piperidine rings is 1. The second-order valence-electron chi connectivity index (χ2n) is 4.93. The third-order valence-electron chi connectivity index (χ3n) is 3.69. The monoisotopic (exact) mass is 257 g/mol. The van der Waals surface area contributed by atoms with Crippen molar-refractivity contribution in [3.05, 3.63) is 0 Å². The number of carbonyl (C=O) groups excluding carboxylic acids is 1. The summed E-state index contributed by atoms with van der Waals surface area (Å²) in [6.45, 7) is 3.25. The van der Waals surface area contributed by atoms with Crippen LogP contribution in [0.3, 0.4) is 0 Å². The summed E-state index contributed by atoms with van der Waals surface area (Å²) in [5.74, 6) is 2.91. The molecule has 0 aromatic carbocycles. The summed E-state index contributed by atoms with van der Waals surface area (Å²) in [6, 6.07) is 0.713. The van der Waals surface area contributed by atoms with Crippen molar-refractivity contribution in [3.63, 3.8) is 0 Å². The van der Waals surface area contributed by atoms with Gasteiger partial charge in [0.25, 0.3) is 0 Å². The summed E-state index contributed by atoms with van der Waals surface area (Å²) in [7, 11) is 0. The number of thioether (sulfide) groups is 1. The molecule has 0 aliphatic carbocycles. The average molecular weight is 257 g/mol. The van der Waals surface area contributed by atoms with E-state index in [4.69, 9.17) is 5.73 Å². The molecule has 98 valence electrons. The van der Waals surface area contributed by atoms with Gasteiger partial charge in [-0.3, -0.25) is 9.69 Å². The lowest BCUT2D eigenvalue weighted by Gasteiger charge is -2.35. The zero-order valence-electron chi connectivity index (χ0n) is 10.4. The predicted octanol–water partition coefficient (Wildman–Crippen LogP) is 0.279. The molecule has 2 atom stereocenters. The summed E-state index contributed by atoms with van der Waals surface area (Å²) >= 11 is 2.04. The maximum absolute atomic E-state index is 11.9. The van der Waals surface area contributed by atoms with E-state index in [2.05, 4.69) is 10.2 Å². The Balaban J connectivity index is 1.81. The smallest absolute Gasteiger partial charge is 0.224 e. The highest BCUT2D eigenvalue weighted by Crippen LogP contribution is 2.26. The molecule has 4 nitrogen and oxygen atoms in total. The molecule has 0 aromatic rings. The number of hydrogen-bond donors (Lipinski definition) is 2. The Bertz CT molecular complexity index is 256. The highest BCUT2D eigenvalue weighted by atomic mass is 32.2. The van der Waals surface area contributed by atoms with Crippen molar-refractivity contribution >= 4 is 17.7 Å². The van der Waals surface area contributed by atoms with E-state index < -0.39 is 0 Å². The molecule has 0 aromatic heterocycles. The minimum absolute atomic E-state index is 0.181. The van der Waals surface area contributed by atoms with Gasteiger partial charge in [-0.25, -0.2) is 0 Å². The lowest BCUT2D eigenvalue weighted by Crippen LogP contribution is -2.47. The summed E-state index contributed by atoms with van der Waals surface area (Å²) in [4.78, 5) is 14.4. The maximum Gasteiger partial charge on any atom is 0.224 e. The topological polar surface area (TPSA) is 58.4 Å². The quantitative estimate of drug-likeness (QED) is 0.759. The molecule has 17 heavy (non-hydrogen) atoms. The highest BCUT2D eigenvalue weighted by Gasteiger charge is 2.30. The van der Waals surface area contributed by atoms with Gasteiger partial charge in [0, 0.05) is 31.4 Å². The van der Waals surface area contributed by atoms with Crippen LogP contribution in [0, 0.1) is 5.92 Å². The van der Waals surface area contributed by atoms with Crippen LogP contribution in [0.4, 0.5) is 0 Å². The largest absolute Gasteiger partial charge is 0.355 e. The lowest BCUT2D eigenvalue weighted by molar-refractivity contribution is -0.126. The molecule has 0 saturated carbocycles. The van der Waals surface area contributed by atoms with Crippen molar-refractivity contribution in [2.24, 2.45) is 11.7 Å². The summed E-state index contributed by atoms with van der Waals surface area (Å²) < 4.78 is 0. The van der Waals surface area contributed by atoms with Crippen LogP contribution in [-0.2, 0) is 4.79 Å². The Kier molecular flexibility index (Phi) is 5.13. The Morgan fingerprint density at radius 1 is 1.47 bits per heavy atom. The first-order chi connectivity index (χ1) is 8.31. The molecular weight excluding hydrogens is 234 g/mol. The second-order valence-corrected chi connectivity index (χ2v) is 6.08. The second kappa shape index (κ2) is 6.61. The number of hydrogen-bond acceptors (Lipinski definition) is 4. The standard InChI is InChI=1S/C12H23N3OS/c13-4-5-14-12(16)10-2-1-6-15(8-10)11-3-7-17-9-11/h10-11H,1-9,13H2,(H,14,16). The minimum Gasteiger partial charge on any atom is -0.355 e. The lowest BCUT2D eigenvalue weighted by atomic mass is 9.95. The SMILES string of the molecule is NCCNC(=O)C1CCCN(C2CCSC2)C1. The molecule has 2 fully saturated rings. The number of nitrogens with one attached hydrogen (secondary N) is 1. The van der Waals surface area contributed by atoms with E-state index in [9.17, 15) is 4.79 Å². The zero-order chi connectivity index (χ0) is 12.1. The van der Waals surface area contributed by atoms with Gasteiger partial charge in [0.15, 0.2) is 0 Å². The maximum atomic E-state index is 11.9. The summed E-state index contributed by atoms with van der Waals surface area (Å²) in [6.07, 6.45) is 3.48. The van der Waals surface area contributed by atoms with Crippen molar-refractivity contribution in [1.29, 1.82) is 0 Å². The van der Waals surface area contributed by atoms with Gasteiger partial charge in [0.2, 0.25) is 5.91 Å². The first kappa shape index (κ1) is 13.2. The molecule has 2 aliphatic heterocycles. The normalized spacial score (nSPS) is 30.4. The van der Waals surface area contributed by atoms with Crippen LogP contribution in [0.15, 0.2) is 0 Å². The third-order valence-corrected chi connectivity index (χ3v) is 4.83. The average Bonchev–Trinajstić information content (AvgIpc) is 2.90. The van der Waals surface area contributed by atoms with E-state index in [0.29, 0.717) is 19.1 Å². The Labute approximate surface area is 108 Å². The fourth-order valence-corrected chi connectivity index (χ4v) is 3.96. The number of likely N-dealkylation sites (tertiary alicyclic amines) is 1. The molecular formula is C12H23N3OS. The van der Waals surface area contributed by atoms with Crippen molar-refractivity contribution in [1.82, 2.24) is 10.2 Å². The number of amides is 1. The fourth-order valence-electron chi connectivity index (χ4n) is 2.70. The first-order valence-corrected chi connectivity index (χ1v) is 7.76. The molecule has 2 heterocycles. The predicted molar refractivity (Wildman–Crippen MR) is 72.1 cm³/mol. The van der Waals surface area contributed by atoms with Gasteiger partial charge in [-0.1, -0.05) is 0 Å². The van der Waals surface area contributed by atoms with E-state index in [1.807, 2.05) is 11.8 Å². The van der Waals surface area contributed by atoms with E-state index in [0.717, 1.165) is 19.4 Å². The number of carbonyl (C=O) groups is 1. The van der Waals surface area contributed by atoms with Crippen LogP contribution in [0.5, 0.6) is 0 Å². The molecule has 1 amide bonds. The van der Waals surface area contributed by atoms with Crippen LogP contribution in [-0.4, -0.2) is 54.5 Å². The van der Waals surface area contributed by atoms with Crippen molar-refractivity contribution in [2.75, 3.05) is 37.7 Å². The summed E-state index contributed by atoms with van der Waals surface area (Å²) in [5.41, 5.74) is 5.41. The van der Waals surface area contributed by atoms with Gasteiger partial charge in [-0.2, -0.15) is 11.8 Å². The molecule has 0 spiro atoms. The number of nitrogens with zero attached hydrogens (tertiary/aromatic N) is 1. The van der Waals surface area contributed by atoms with Crippen LogP contribution in [0.1, 0.15) is 19.3 Å². The van der Waals surface area contributed by atoms with E-state index >= 15 is 0 Å². The van der Waals surface area contributed by atoms with E-state index in [-0.39, 0.29) is 11.8 Å². The molecule has 2 aliphatic rings. The molecule has 0 bridgehead atoms. The fraction of sp³-hybridized carbons (Fsp3) is 0.917. The van der Waals surface area contributed by atoms with Crippen molar-refractivity contribution < 1.29 is 4.79 Å². The third kappa shape index (κ3) is 3.60. The number of nitrogens with two attached hydrogens (primary N) is 1. The Morgan fingerprint density at radius 2 is 2.35 bits per heavy atom. The molecule has 0 radical (unpaired) electrons. The van der Waals surface area contributed by atoms with Crippen LogP contribution in [0.25, 0.3) is 0 Å². The summed E-state index contributed by atoms with van der Waals surface area (Å²) in [5, 5.41) is 2.92. The van der Waals surface area contributed by atoms with Crippen molar-refractivity contribution in [2.45, 2.75) is 25.3 Å². The van der Waals surface area contributed by atoms with Gasteiger partial charge in [0.1, 0.15) is 0 Å². The van der Waals surface area contributed by atoms with E-state index in [1.54, 1.807) is 0 Å². The molecule has 2 unspecified atom stereocenters. The van der Waals surface area contributed by atoms with Gasteiger partial charge in [-0.15, -0.1) is 0 Å². The van der Waals surface area contributed by atoms with Gasteiger partial charge >= 0.3 is 0 Å². The van der Waals surface area contributed by atoms with E-state index in [1.165, 1.54) is 24.5 Å². The molecule has 2 saturated heterocycles. The highest BCUT2D eigenvalue weighted by molar-refractivity contribution is 7.99. The minimum atomic E-state index is 0.181. The van der Waals surface area contributed by atoms with Gasteiger partial charge < -0.3 is 11.1 Å². The van der Waals surface area contributed by atoms with Crippen molar-refractivity contribution in [3.8, 4) is 0 Å². The molecule has 5 heteroatoms. The van der Waals surface area contributed by atoms with Gasteiger partial charge in [-0.05, 0) is 31.6 Å². The first-order valence-electron chi connectivity index (χ1n) is 6.61. The molecule has 3 N–H and O–H groups in total. The Morgan fingerprint density at radius 3 is 3.06 bits per heavy atom. The van der Waals surface area contributed by atoms with Gasteiger partial charge in [0.05, 0.1) is 5.92 Å². The molecule has 2 rings (SSSR count). The zero-order valence-corrected chi connectivity index (χ0v) is 11.2. The van der Waals surface area contributed by atoms with Crippen LogP contribution < -0.4 is 11.1 Å². The Hall–Kier alpha value is -0.260. The van der Waals surface area contributed by atoms with Crippen LogP contribution in [0.2, 0.25) is 0 Å². The number of rotatable bonds is 4. The van der Waals surface area contributed by atoms with Crippen LogP contribution >= 0.6 is 11.8 Å².